The molecule has 3 aromatic rings. The smallest absolute Gasteiger partial charge is 0.253 e. The van der Waals surface area contributed by atoms with Gasteiger partial charge in [-0.3, -0.25) is 4.79 Å². The fraction of sp³-hybridized carbons (Fsp3) is 0.105. The number of methoxy groups -OCH3 is 1. The van der Waals surface area contributed by atoms with Gasteiger partial charge in [0.1, 0.15) is 11.6 Å². The Balaban J connectivity index is 1.73. The monoisotopic (exact) mass is 389 g/mol. The normalized spacial score (nSPS) is 10.5. The molecule has 0 aliphatic rings. The molecule has 1 amide bonds. The van der Waals surface area contributed by atoms with Gasteiger partial charge in [-0.2, -0.15) is 0 Å². The van der Waals surface area contributed by atoms with Gasteiger partial charge in [0.25, 0.3) is 5.91 Å². The van der Waals surface area contributed by atoms with Crippen LogP contribution in [-0.4, -0.2) is 23.2 Å². The molecule has 0 bridgehead atoms. The second kappa shape index (κ2) is 8.09. The Hall–Kier alpha value is -3.06. The van der Waals surface area contributed by atoms with E-state index in [1.165, 1.54) is 13.2 Å². The summed E-state index contributed by atoms with van der Waals surface area (Å²) >= 11 is 6.21. The van der Waals surface area contributed by atoms with E-state index in [1.54, 1.807) is 30.3 Å². The molecule has 8 heteroatoms. The molecule has 0 saturated heterocycles. The van der Waals surface area contributed by atoms with Crippen LogP contribution >= 0.6 is 11.6 Å². The summed E-state index contributed by atoms with van der Waals surface area (Å²) < 4.78 is 31.5. The quantitative estimate of drug-likeness (QED) is 0.716. The van der Waals surface area contributed by atoms with Crippen molar-refractivity contribution in [2.45, 2.75) is 6.54 Å². The van der Waals surface area contributed by atoms with Gasteiger partial charge >= 0.3 is 0 Å². The van der Waals surface area contributed by atoms with Crippen molar-refractivity contribution >= 4 is 17.5 Å². The number of amides is 1. The van der Waals surface area contributed by atoms with E-state index in [-0.39, 0.29) is 22.7 Å². The lowest BCUT2D eigenvalue weighted by atomic mass is 10.1. The molecule has 1 heterocycles. The van der Waals surface area contributed by atoms with Gasteiger partial charge < -0.3 is 10.1 Å². The van der Waals surface area contributed by atoms with Gasteiger partial charge in [0.05, 0.1) is 23.4 Å². The molecule has 0 aliphatic carbocycles. The second-order valence-electron chi connectivity index (χ2n) is 5.57. The first-order valence-electron chi connectivity index (χ1n) is 7.87. The number of nitrogens with zero attached hydrogens (tertiary/aromatic N) is 2. The van der Waals surface area contributed by atoms with Crippen molar-refractivity contribution in [1.29, 1.82) is 0 Å². The number of benzene rings is 2. The number of carbonyl (C=O) groups excluding carboxylic acids is 1. The van der Waals surface area contributed by atoms with Gasteiger partial charge in [0.2, 0.25) is 5.88 Å². The highest BCUT2D eigenvalue weighted by atomic mass is 35.5. The first kappa shape index (κ1) is 18.7. The molecule has 0 unspecified atom stereocenters. The Bertz CT molecular complexity index is 981. The van der Waals surface area contributed by atoms with Gasteiger partial charge in [-0.15, -0.1) is 10.2 Å². The second-order valence-corrected chi connectivity index (χ2v) is 5.98. The molecule has 0 atom stereocenters. The molecule has 27 heavy (non-hydrogen) atoms. The number of aromatic nitrogens is 2. The SMILES string of the molecule is COc1ccc(-c2ccc(C(=O)NCc3ccc(F)cc3F)c(Cl)c2)nn1. The van der Waals surface area contributed by atoms with Crippen LogP contribution in [0, 0.1) is 11.6 Å². The maximum Gasteiger partial charge on any atom is 0.253 e. The number of halogens is 3. The molecule has 0 aliphatic heterocycles. The van der Waals surface area contributed by atoms with Crippen LogP contribution in [0.4, 0.5) is 8.78 Å². The highest BCUT2D eigenvalue weighted by Gasteiger charge is 2.13. The Morgan fingerprint density at radius 3 is 2.56 bits per heavy atom. The number of hydrogen-bond acceptors (Lipinski definition) is 4. The molecule has 1 aromatic heterocycles. The highest BCUT2D eigenvalue weighted by Crippen LogP contribution is 2.25. The predicted molar refractivity (Wildman–Crippen MR) is 96.6 cm³/mol. The average Bonchev–Trinajstić information content (AvgIpc) is 2.67. The summed E-state index contributed by atoms with van der Waals surface area (Å²) in [5, 5.41) is 10.7. The third-order valence-electron chi connectivity index (χ3n) is 3.81. The topological polar surface area (TPSA) is 64.1 Å². The molecule has 3 rings (SSSR count). The van der Waals surface area contributed by atoms with E-state index in [1.807, 2.05) is 0 Å². The van der Waals surface area contributed by atoms with Crippen LogP contribution in [0.1, 0.15) is 15.9 Å². The van der Waals surface area contributed by atoms with E-state index in [9.17, 15) is 13.6 Å². The standard InChI is InChI=1S/C19H14ClF2N3O2/c1-27-18-7-6-17(24-25-18)11-3-5-14(15(20)8-11)19(26)23-10-12-2-4-13(21)9-16(12)22/h2-9H,10H2,1H3,(H,23,26). The molecule has 0 saturated carbocycles. The van der Waals surface area contributed by atoms with E-state index in [0.717, 1.165) is 12.1 Å². The summed E-state index contributed by atoms with van der Waals surface area (Å²) in [5.41, 5.74) is 1.64. The molecular weight excluding hydrogens is 376 g/mol. The van der Waals surface area contributed by atoms with Crippen molar-refractivity contribution in [1.82, 2.24) is 15.5 Å². The van der Waals surface area contributed by atoms with Gasteiger partial charge in [0.15, 0.2) is 0 Å². The van der Waals surface area contributed by atoms with E-state index >= 15 is 0 Å². The maximum absolute atomic E-state index is 13.6. The van der Waals surface area contributed by atoms with Crippen LogP contribution in [0.15, 0.2) is 48.5 Å². The first-order chi connectivity index (χ1) is 13.0. The zero-order valence-corrected chi connectivity index (χ0v) is 14.9. The number of carbonyl (C=O) groups is 1. The molecule has 0 fully saturated rings. The number of nitrogens with one attached hydrogen (secondary N) is 1. The van der Waals surface area contributed by atoms with Crippen molar-refractivity contribution in [2.75, 3.05) is 7.11 Å². The van der Waals surface area contributed by atoms with Gasteiger partial charge in [-0.1, -0.05) is 23.7 Å². The minimum Gasteiger partial charge on any atom is -0.480 e. The first-order valence-corrected chi connectivity index (χ1v) is 8.25. The average molecular weight is 390 g/mol. The molecule has 5 nitrogen and oxygen atoms in total. The van der Waals surface area contributed by atoms with Crippen LogP contribution in [0.5, 0.6) is 5.88 Å². The van der Waals surface area contributed by atoms with Gasteiger partial charge in [-0.25, -0.2) is 8.78 Å². The van der Waals surface area contributed by atoms with Crippen molar-refractivity contribution < 1.29 is 18.3 Å². The minimum absolute atomic E-state index is 0.0903. The van der Waals surface area contributed by atoms with Crippen molar-refractivity contribution in [3.8, 4) is 17.1 Å². The fourth-order valence-electron chi connectivity index (χ4n) is 2.38. The lowest BCUT2D eigenvalue weighted by molar-refractivity contribution is 0.0951. The Kier molecular flexibility index (Phi) is 5.61. The Morgan fingerprint density at radius 2 is 1.93 bits per heavy atom. The zero-order chi connectivity index (χ0) is 19.4. The summed E-state index contributed by atoms with van der Waals surface area (Å²) in [7, 11) is 1.49. The number of ether oxygens (including phenoxy) is 1. The van der Waals surface area contributed by atoms with E-state index in [4.69, 9.17) is 16.3 Å². The molecule has 0 radical (unpaired) electrons. The van der Waals surface area contributed by atoms with Crippen LogP contribution < -0.4 is 10.1 Å². The summed E-state index contributed by atoms with van der Waals surface area (Å²) in [6.45, 7) is -0.0903. The van der Waals surface area contributed by atoms with E-state index in [0.29, 0.717) is 17.1 Å². The molecule has 2 aromatic carbocycles. The molecule has 138 valence electrons. The third kappa shape index (κ3) is 4.38. The zero-order valence-electron chi connectivity index (χ0n) is 14.2. The lowest BCUT2D eigenvalue weighted by Crippen LogP contribution is -2.23. The van der Waals surface area contributed by atoms with Gasteiger partial charge in [0, 0.05) is 29.8 Å². The molecule has 0 spiro atoms. The number of hydrogen-bond donors (Lipinski definition) is 1. The van der Waals surface area contributed by atoms with Crippen LogP contribution in [0.3, 0.4) is 0 Å². The van der Waals surface area contributed by atoms with E-state index in [2.05, 4.69) is 15.5 Å². The van der Waals surface area contributed by atoms with Gasteiger partial charge in [-0.05, 0) is 24.3 Å². The Labute approximate surface area is 159 Å². The van der Waals surface area contributed by atoms with E-state index < -0.39 is 17.5 Å². The Morgan fingerprint density at radius 1 is 1.11 bits per heavy atom. The summed E-state index contributed by atoms with van der Waals surface area (Å²) in [6.07, 6.45) is 0. The largest absolute Gasteiger partial charge is 0.480 e. The third-order valence-corrected chi connectivity index (χ3v) is 4.13. The van der Waals surface area contributed by atoms with Crippen LogP contribution in [0.2, 0.25) is 5.02 Å². The number of rotatable bonds is 5. The predicted octanol–water partition coefficient (Wildman–Crippen LogP) is 4.01. The summed E-state index contributed by atoms with van der Waals surface area (Å²) in [5.74, 6) is -1.50. The molecule has 1 N–H and O–H groups in total. The minimum atomic E-state index is -0.727. The van der Waals surface area contributed by atoms with Crippen molar-refractivity contribution in [3.63, 3.8) is 0 Å². The van der Waals surface area contributed by atoms with Crippen molar-refractivity contribution in [2.24, 2.45) is 0 Å². The summed E-state index contributed by atoms with van der Waals surface area (Å²) in [6, 6.07) is 11.4. The fourth-order valence-corrected chi connectivity index (χ4v) is 2.64. The van der Waals surface area contributed by atoms with Crippen molar-refractivity contribution in [3.05, 3.63) is 76.3 Å². The lowest BCUT2D eigenvalue weighted by Gasteiger charge is -2.09. The maximum atomic E-state index is 13.6. The van der Waals surface area contributed by atoms with Crippen LogP contribution in [-0.2, 0) is 6.54 Å². The molecular formula is C19H14ClF2N3O2. The summed E-state index contributed by atoms with van der Waals surface area (Å²) in [4.78, 5) is 12.3. The van der Waals surface area contributed by atoms with Crippen LogP contribution in [0.25, 0.3) is 11.3 Å². The highest BCUT2D eigenvalue weighted by molar-refractivity contribution is 6.34.